The van der Waals surface area contributed by atoms with Gasteiger partial charge in [0.05, 0.1) is 0 Å². The van der Waals surface area contributed by atoms with Crippen molar-refractivity contribution >= 4 is 17.7 Å². The summed E-state index contributed by atoms with van der Waals surface area (Å²) < 4.78 is 0. The molecule has 5 aliphatic rings. The van der Waals surface area contributed by atoms with Crippen molar-refractivity contribution in [2.24, 2.45) is 29.6 Å². The van der Waals surface area contributed by atoms with Crippen molar-refractivity contribution in [1.82, 2.24) is 10.9 Å². The number of thiol groups is 1. The zero-order valence-corrected chi connectivity index (χ0v) is 14.2. The third-order valence-corrected chi connectivity index (χ3v) is 7.22. The van der Waals surface area contributed by atoms with E-state index in [1.807, 2.05) is 0 Å². The first-order valence-electron chi connectivity index (χ1n) is 9.07. The van der Waals surface area contributed by atoms with Crippen LogP contribution in [0.3, 0.4) is 0 Å². The van der Waals surface area contributed by atoms with Gasteiger partial charge in [-0.2, -0.15) is 0 Å². The van der Waals surface area contributed by atoms with E-state index in [0.717, 1.165) is 25.3 Å². The molecule has 1 saturated heterocycles. The number of hydrogen-bond acceptors (Lipinski definition) is 3. The normalized spacial score (nSPS) is 44.3. The molecule has 122 valence electrons. The molecule has 0 aromatic rings. The number of fused-ring (bicyclic) bond motifs is 6. The summed E-state index contributed by atoms with van der Waals surface area (Å²) in [6.07, 6.45) is 13.2. The lowest BCUT2D eigenvalue weighted by molar-refractivity contribution is -0.113. The van der Waals surface area contributed by atoms with Gasteiger partial charge in [-0.3, -0.25) is 15.6 Å². The predicted molar refractivity (Wildman–Crippen MR) is 93.7 cm³/mol. The monoisotopic (exact) mass is 328 g/mol. The Balaban J connectivity index is 1.52. The average Bonchev–Trinajstić information content (AvgIpc) is 3.18. The maximum atomic E-state index is 11.8. The van der Waals surface area contributed by atoms with Gasteiger partial charge < -0.3 is 0 Å². The molecule has 4 heteroatoms. The lowest BCUT2D eigenvalue weighted by Crippen LogP contribution is -2.38. The Labute approximate surface area is 143 Å². The van der Waals surface area contributed by atoms with E-state index in [1.165, 1.54) is 24.8 Å². The van der Waals surface area contributed by atoms with Crippen LogP contribution in [0.25, 0.3) is 0 Å². The molecule has 3 fully saturated rings. The van der Waals surface area contributed by atoms with E-state index in [9.17, 15) is 4.79 Å². The highest BCUT2D eigenvalue weighted by molar-refractivity contribution is 7.96. The van der Waals surface area contributed by atoms with Gasteiger partial charge in [-0.25, -0.2) is 0 Å². The van der Waals surface area contributed by atoms with Crippen molar-refractivity contribution in [1.29, 1.82) is 0 Å². The molecule has 2 saturated carbocycles. The lowest BCUT2D eigenvalue weighted by atomic mass is 9.62. The van der Waals surface area contributed by atoms with Crippen molar-refractivity contribution in [3.63, 3.8) is 0 Å². The molecule has 1 heterocycles. The maximum absolute atomic E-state index is 11.8. The molecule has 6 atom stereocenters. The van der Waals surface area contributed by atoms with E-state index >= 15 is 0 Å². The highest BCUT2D eigenvalue weighted by Crippen LogP contribution is 2.54. The molecule has 5 rings (SSSR count). The van der Waals surface area contributed by atoms with Crippen molar-refractivity contribution < 1.29 is 4.79 Å². The molecule has 4 aliphatic carbocycles. The highest BCUT2D eigenvalue weighted by atomic mass is 32.1. The van der Waals surface area contributed by atoms with Gasteiger partial charge in [-0.05, 0) is 61.0 Å². The second-order valence-electron chi connectivity index (χ2n) is 7.90. The van der Waals surface area contributed by atoms with Crippen LogP contribution in [0.4, 0.5) is 0 Å². The Morgan fingerprint density at radius 1 is 1.09 bits per heavy atom. The molecule has 1 aliphatic heterocycles. The van der Waals surface area contributed by atoms with Gasteiger partial charge >= 0.3 is 0 Å². The summed E-state index contributed by atoms with van der Waals surface area (Å²) in [5, 5.41) is 0.0621. The molecule has 0 spiro atoms. The SMILES string of the molecule is O=C(S)C1CCC2C1=CC=C1C3=CC4CNNC4CC3CCC12. The third-order valence-electron chi connectivity index (χ3n) is 6.91. The molecule has 0 bridgehead atoms. The number of carbonyl (C=O) groups excluding carboxylic acids is 1. The number of nitrogens with one attached hydrogen (secondary N) is 2. The minimum absolute atomic E-state index is 0.0621. The van der Waals surface area contributed by atoms with Gasteiger partial charge in [0.25, 0.3) is 0 Å². The largest absolute Gasteiger partial charge is 0.287 e. The first-order valence-corrected chi connectivity index (χ1v) is 9.52. The minimum atomic E-state index is 0.0621. The van der Waals surface area contributed by atoms with E-state index in [2.05, 4.69) is 41.7 Å². The zero-order valence-electron chi connectivity index (χ0n) is 13.3. The Morgan fingerprint density at radius 3 is 2.83 bits per heavy atom. The van der Waals surface area contributed by atoms with Crippen LogP contribution in [0.15, 0.2) is 34.9 Å². The van der Waals surface area contributed by atoms with Crippen LogP contribution >= 0.6 is 12.6 Å². The van der Waals surface area contributed by atoms with Crippen LogP contribution in [0.2, 0.25) is 0 Å². The van der Waals surface area contributed by atoms with Crippen molar-refractivity contribution in [2.75, 3.05) is 6.54 Å². The van der Waals surface area contributed by atoms with Gasteiger partial charge in [0.15, 0.2) is 5.12 Å². The van der Waals surface area contributed by atoms with Crippen LogP contribution in [-0.4, -0.2) is 17.7 Å². The smallest absolute Gasteiger partial charge is 0.193 e. The van der Waals surface area contributed by atoms with E-state index in [4.69, 9.17) is 0 Å². The second kappa shape index (κ2) is 5.33. The number of allylic oxidation sites excluding steroid dienone is 5. The van der Waals surface area contributed by atoms with E-state index in [0.29, 0.717) is 23.8 Å². The Kier molecular flexibility index (Phi) is 3.36. The summed E-state index contributed by atoms with van der Waals surface area (Å²) in [6, 6.07) is 0.619. The highest BCUT2D eigenvalue weighted by Gasteiger charge is 2.45. The van der Waals surface area contributed by atoms with Gasteiger partial charge in [-0.15, -0.1) is 12.6 Å². The minimum Gasteiger partial charge on any atom is -0.287 e. The Morgan fingerprint density at radius 2 is 1.96 bits per heavy atom. The van der Waals surface area contributed by atoms with E-state index in [-0.39, 0.29) is 11.0 Å². The second-order valence-corrected chi connectivity index (χ2v) is 8.34. The molecule has 0 radical (unpaired) electrons. The molecule has 2 N–H and O–H groups in total. The molecule has 23 heavy (non-hydrogen) atoms. The van der Waals surface area contributed by atoms with Crippen LogP contribution in [0, 0.1) is 29.6 Å². The van der Waals surface area contributed by atoms with Crippen LogP contribution in [-0.2, 0) is 4.79 Å². The van der Waals surface area contributed by atoms with Crippen molar-refractivity contribution in [2.45, 2.75) is 38.1 Å². The molecule has 0 aromatic carbocycles. The number of hydrogen-bond donors (Lipinski definition) is 3. The maximum Gasteiger partial charge on any atom is 0.193 e. The summed E-state index contributed by atoms with van der Waals surface area (Å²) in [5.41, 5.74) is 11.4. The van der Waals surface area contributed by atoms with Gasteiger partial charge in [0, 0.05) is 24.4 Å². The summed E-state index contributed by atoms with van der Waals surface area (Å²) >= 11 is 4.12. The Bertz CT molecular complexity index is 650. The summed E-state index contributed by atoms with van der Waals surface area (Å²) in [4.78, 5) is 11.8. The molecule has 0 aromatic heterocycles. The van der Waals surface area contributed by atoms with Crippen molar-refractivity contribution in [3.8, 4) is 0 Å². The van der Waals surface area contributed by atoms with Crippen LogP contribution in [0.5, 0.6) is 0 Å². The fraction of sp³-hybridized carbons (Fsp3) is 0.632. The first kappa shape index (κ1) is 14.5. The van der Waals surface area contributed by atoms with Gasteiger partial charge in [0.1, 0.15) is 0 Å². The van der Waals surface area contributed by atoms with Gasteiger partial charge in [-0.1, -0.05) is 23.8 Å². The fourth-order valence-corrected chi connectivity index (χ4v) is 6.10. The molecule has 3 nitrogen and oxygen atoms in total. The summed E-state index contributed by atoms with van der Waals surface area (Å²) in [6.45, 7) is 1.06. The van der Waals surface area contributed by atoms with E-state index < -0.39 is 0 Å². The molecular formula is C19H24N2OS. The van der Waals surface area contributed by atoms with Crippen molar-refractivity contribution in [3.05, 3.63) is 34.9 Å². The summed E-state index contributed by atoms with van der Waals surface area (Å²) in [5.74, 6) is 2.68. The zero-order chi connectivity index (χ0) is 15.6. The Hall–Kier alpha value is -0.840. The average molecular weight is 328 g/mol. The summed E-state index contributed by atoms with van der Waals surface area (Å²) in [7, 11) is 0. The van der Waals surface area contributed by atoms with Crippen LogP contribution in [0.1, 0.15) is 32.1 Å². The number of rotatable bonds is 1. The van der Waals surface area contributed by atoms with Gasteiger partial charge in [0.2, 0.25) is 0 Å². The lowest BCUT2D eigenvalue weighted by Gasteiger charge is -2.43. The topological polar surface area (TPSA) is 41.1 Å². The molecular weight excluding hydrogens is 304 g/mol. The third kappa shape index (κ3) is 2.15. The number of carbonyl (C=O) groups is 1. The van der Waals surface area contributed by atoms with Crippen LogP contribution < -0.4 is 10.9 Å². The first-order chi connectivity index (χ1) is 11.2. The quantitative estimate of drug-likeness (QED) is 0.648. The standard InChI is InChI=1S/C19H24N2OS/c22-19(23)16-6-5-13-12-2-1-10-8-18-11(9-20-21-18)7-17(10)15(12)4-3-14(13)16/h3-4,7,10-13,16,18,20-21H,1-2,5-6,8-9H2,(H,22,23). The molecule has 0 amide bonds. The van der Waals surface area contributed by atoms with E-state index in [1.54, 1.807) is 11.1 Å². The number of hydrazine groups is 1. The molecule has 6 unspecified atom stereocenters. The fourth-order valence-electron chi connectivity index (χ4n) is 5.82. The predicted octanol–water partition coefficient (Wildman–Crippen LogP) is 2.78.